The van der Waals surface area contributed by atoms with Crippen molar-refractivity contribution in [2.45, 2.75) is 6.42 Å². The van der Waals surface area contributed by atoms with Gasteiger partial charge in [-0.25, -0.2) is 0 Å². The minimum atomic E-state index is 0.164. The summed E-state index contributed by atoms with van der Waals surface area (Å²) in [5.41, 5.74) is 0. The molecule has 2 heteroatoms. The van der Waals surface area contributed by atoms with Gasteiger partial charge in [0.15, 0.2) is 0 Å². The van der Waals surface area contributed by atoms with Crippen LogP contribution in [0.15, 0.2) is 17.8 Å². The van der Waals surface area contributed by atoms with Gasteiger partial charge < -0.3 is 5.11 Å². The van der Waals surface area contributed by atoms with E-state index in [0.717, 1.165) is 0 Å². The zero-order valence-corrected chi connectivity index (χ0v) is 4.17. The fourth-order valence-electron chi connectivity index (χ4n) is 0.207. The highest BCUT2D eigenvalue weighted by Crippen LogP contribution is 1.69. The van der Waals surface area contributed by atoms with Crippen LogP contribution in [-0.2, 0) is 0 Å². The number of aliphatic hydroxyl groups is 1. The summed E-state index contributed by atoms with van der Waals surface area (Å²) in [6.07, 6.45) is 3.68. The maximum atomic E-state index is 8.17. The molecule has 0 aliphatic heterocycles. The summed E-state index contributed by atoms with van der Waals surface area (Å²) < 4.78 is 0. The van der Waals surface area contributed by atoms with Crippen molar-refractivity contribution in [1.29, 1.82) is 0 Å². The Bertz CT molecular complexity index is 68.5. The van der Waals surface area contributed by atoms with E-state index < -0.39 is 0 Å². The van der Waals surface area contributed by atoms with Crippen molar-refractivity contribution >= 4 is 6.21 Å². The molecule has 0 unspecified atom stereocenters. The molecule has 0 aliphatic carbocycles. The van der Waals surface area contributed by atoms with Crippen LogP contribution in [-0.4, -0.2) is 17.9 Å². The Morgan fingerprint density at radius 2 is 2.43 bits per heavy atom. The quantitative estimate of drug-likeness (QED) is 0.516. The lowest BCUT2D eigenvalue weighted by molar-refractivity contribution is 0.308. The van der Waals surface area contributed by atoms with Crippen LogP contribution in [0.25, 0.3) is 0 Å². The molecule has 0 radical (unpaired) electrons. The van der Waals surface area contributed by atoms with Crippen molar-refractivity contribution in [2.24, 2.45) is 4.99 Å². The zero-order chi connectivity index (χ0) is 5.54. The standard InChI is InChI=1S/C5H9NO/c1-2-6-4-3-5-7/h2,4,7H,1,3,5H2. The average molecular weight is 99.1 g/mol. The number of aliphatic imine (C=N–C) groups is 1. The topological polar surface area (TPSA) is 32.6 Å². The molecular weight excluding hydrogens is 90.1 g/mol. The van der Waals surface area contributed by atoms with Crippen molar-refractivity contribution in [3.63, 3.8) is 0 Å². The van der Waals surface area contributed by atoms with E-state index in [1.807, 2.05) is 0 Å². The monoisotopic (exact) mass is 99.1 g/mol. The van der Waals surface area contributed by atoms with Crippen molar-refractivity contribution in [1.82, 2.24) is 0 Å². The molecule has 0 amide bonds. The second-order valence-electron chi connectivity index (χ2n) is 1.03. The Morgan fingerprint density at radius 3 is 2.86 bits per heavy atom. The van der Waals surface area contributed by atoms with E-state index in [1.165, 1.54) is 6.20 Å². The van der Waals surface area contributed by atoms with E-state index in [1.54, 1.807) is 6.21 Å². The lowest BCUT2D eigenvalue weighted by atomic mass is 10.5. The van der Waals surface area contributed by atoms with E-state index in [0.29, 0.717) is 6.42 Å². The molecule has 2 nitrogen and oxygen atoms in total. The smallest absolute Gasteiger partial charge is 0.0480 e. The third kappa shape index (κ3) is 5.37. The van der Waals surface area contributed by atoms with Crippen LogP contribution in [0.4, 0.5) is 0 Å². The van der Waals surface area contributed by atoms with Crippen LogP contribution in [0, 0.1) is 0 Å². The van der Waals surface area contributed by atoms with Crippen LogP contribution >= 0.6 is 0 Å². The van der Waals surface area contributed by atoms with Gasteiger partial charge >= 0.3 is 0 Å². The minimum absolute atomic E-state index is 0.164. The third-order valence-electron chi connectivity index (χ3n) is 0.469. The molecule has 0 saturated carbocycles. The molecule has 0 fully saturated rings. The molecule has 0 aromatic carbocycles. The first-order valence-corrected chi connectivity index (χ1v) is 2.15. The van der Waals surface area contributed by atoms with Crippen molar-refractivity contribution < 1.29 is 5.11 Å². The van der Waals surface area contributed by atoms with Gasteiger partial charge in [-0.1, -0.05) is 6.58 Å². The van der Waals surface area contributed by atoms with E-state index in [-0.39, 0.29) is 6.61 Å². The molecule has 0 aromatic heterocycles. The number of rotatable bonds is 3. The fraction of sp³-hybridized carbons (Fsp3) is 0.400. The van der Waals surface area contributed by atoms with E-state index in [9.17, 15) is 0 Å². The molecule has 40 valence electrons. The maximum absolute atomic E-state index is 8.17. The van der Waals surface area contributed by atoms with Crippen LogP contribution in [0.1, 0.15) is 6.42 Å². The fourth-order valence-corrected chi connectivity index (χ4v) is 0.207. The van der Waals surface area contributed by atoms with Gasteiger partial charge in [0.25, 0.3) is 0 Å². The van der Waals surface area contributed by atoms with Gasteiger partial charge in [0.1, 0.15) is 0 Å². The highest BCUT2D eigenvalue weighted by molar-refractivity contribution is 5.57. The lowest BCUT2D eigenvalue weighted by Crippen LogP contribution is -1.80. The van der Waals surface area contributed by atoms with Gasteiger partial charge in [-0.15, -0.1) is 0 Å². The molecule has 0 saturated heterocycles. The molecule has 1 N–H and O–H groups in total. The number of hydrogen-bond donors (Lipinski definition) is 1. The van der Waals surface area contributed by atoms with E-state index >= 15 is 0 Å². The molecule has 0 atom stereocenters. The first-order chi connectivity index (χ1) is 3.41. The van der Waals surface area contributed by atoms with Crippen molar-refractivity contribution in [2.75, 3.05) is 6.61 Å². The Labute approximate surface area is 43.2 Å². The summed E-state index contributed by atoms with van der Waals surface area (Å²) in [5, 5.41) is 8.17. The molecule has 0 spiro atoms. The van der Waals surface area contributed by atoms with Crippen molar-refractivity contribution in [3.8, 4) is 0 Å². The Kier molecular flexibility index (Phi) is 4.89. The molecular formula is C5H9NO. The highest BCUT2D eigenvalue weighted by Gasteiger charge is 1.68. The SMILES string of the molecule is C=CN=CCCO. The molecule has 0 bridgehead atoms. The van der Waals surface area contributed by atoms with Gasteiger partial charge in [0.05, 0.1) is 0 Å². The van der Waals surface area contributed by atoms with Crippen LogP contribution in [0.5, 0.6) is 0 Å². The summed E-state index contributed by atoms with van der Waals surface area (Å²) in [7, 11) is 0. The van der Waals surface area contributed by atoms with Gasteiger partial charge in [-0.05, 0) is 0 Å². The normalized spacial score (nSPS) is 9.86. The summed E-state index contributed by atoms with van der Waals surface area (Å²) in [5.74, 6) is 0. The van der Waals surface area contributed by atoms with Gasteiger partial charge in [-0.2, -0.15) is 0 Å². The number of hydrogen-bond acceptors (Lipinski definition) is 2. The Balaban J connectivity index is 2.92. The predicted octanol–water partition coefficient (Wildman–Crippen LogP) is 0.583. The Hall–Kier alpha value is -0.630. The summed E-state index contributed by atoms with van der Waals surface area (Å²) in [6.45, 7) is 3.52. The second-order valence-corrected chi connectivity index (χ2v) is 1.03. The lowest BCUT2D eigenvalue weighted by Gasteiger charge is -1.77. The predicted molar refractivity (Wildman–Crippen MR) is 30.4 cm³/mol. The van der Waals surface area contributed by atoms with Crippen LogP contribution < -0.4 is 0 Å². The minimum Gasteiger partial charge on any atom is -0.396 e. The number of aliphatic hydroxyl groups excluding tert-OH is 1. The van der Waals surface area contributed by atoms with Gasteiger partial charge in [0, 0.05) is 25.4 Å². The first-order valence-electron chi connectivity index (χ1n) is 2.15. The zero-order valence-electron chi connectivity index (χ0n) is 4.17. The highest BCUT2D eigenvalue weighted by atomic mass is 16.2. The number of nitrogens with zero attached hydrogens (tertiary/aromatic N) is 1. The Morgan fingerprint density at radius 1 is 1.71 bits per heavy atom. The molecule has 0 heterocycles. The average Bonchev–Trinajstić information content (AvgIpc) is 1.69. The van der Waals surface area contributed by atoms with E-state index in [4.69, 9.17) is 5.11 Å². The molecule has 0 aromatic rings. The van der Waals surface area contributed by atoms with Crippen molar-refractivity contribution in [3.05, 3.63) is 12.8 Å². The summed E-state index contributed by atoms with van der Waals surface area (Å²) >= 11 is 0. The van der Waals surface area contributed by atoms with Gasteiger partial charge in [0.2, 0.25) is 0 Å². The maximum Gasteiger partial charge on any atom is 0.0480 e. The largest absolute Gasteiger partial charge is 0.396 e. The van der Waals surface area contributed by atoms with Crippen LogP contribution in [0.2, 0.25) is 0 Å². The van der Waals surface area contributed by atoms with Crippen LogP contribution in [0.3, 0.4) is 0 Å². The first kappa shape index (κ1) is 6.37. The van der Waals surface area contributed by atoms with E-state index in [2.05, 4.69) is 11.6 Å². The molecule has 0 aliphatic rings. The third-order valence-corrected chi connectivity index (χ3v) is 0.469. The molecule has 0 rings (SSSR count). The van der Waals surface area contributed by atoms with Gasteiger partial charge in [-0.3, -0.25) is 4.99 Å². The second kappa shape index (κ2) is 5.37. The summed E-state index contributed by atoms with van der Waals surface area (Å²) in [4.78, 5) is 3.64. The molecule has 7 heavy (non-hydrogen) atoms. The summed E-state index contributed by atoms with van der Waals surface area (Å²) in [6, 6.07) is 0.